The molecule has 3 aromatic rings. The average Bonchev–Trinajstić information content (AvgIpc) is 3.37. The fourth-order valence-corrected chi connectivity index (χ4v) is 3.42. The molecule has 1 aliphatic rings. The molecular weight excluding hydrogens is 418 g/mol. The Morgan fingerprint density at radius 2 is 1.84 bits per heavy atom. The van der Waals surface area contributed by atoms with E-state index in [1.54, 1.807) is 13.2 Å². The molecule has 0 spiro atoms. The lowest BCUT2D eigenvalue weighted by molar-refractivity contribution is -0.383. The van der Waals surface area contributed by atoms with E-state index in [2.05, 4.69) is 25.7 Å². The number of nitro groups is 1. The quantitative estimate of drug-likeness (QED) is 0.415. The van der Waals surface area contributed by atoms with Crippen molar-refractivity contribution in [2.45, 2.75) is 0 Å². The van der Waals surface area contributed by atoms with Gasteiger partial charge in [0.15, 0.2) is 5.76 Å². The highest BCUT2D eigenvalue weighted by Gasteiger charge is 2.29. The molecule has 1 saturated heterocycles. The number of hydrogen-bond donors (Lipinski definition) is 2. The van der Waals surface area contributed by atoms with Crippen LogP contribution < -0.4 is 25.4 Å². The lowest BCUT2D eigenvalue weighted by atomic mass is 10.2. The number of benzene rings is 1. The first-order valence-electron chi connectivity index (χ1n) is 9.80. The number of carbonyl (C=O) groups is 1. The normalized spacial score (nSPS) is 13.5. The smallest absolute Gasteiger partial charge is 0.355 e. The number of ether oxygens (including phenoxy) is 1. The monoisotopic (exact) mass is 439 g/mol. The van der Waals surface area contributed by atoms with Crippen LogP contribution in [0.25, 0.3) is 0 Å². The minimum absolute atomic E-state index is 0.0593. The van der Waals surface area contributed by atoms with Crippen molar-refractivity contribution in [2.75, 3.05) is 48.5 Å². The zero-order chi connectivity index (χ0) is 22.5. The van der Waals surface area contributed by atoms with Gasteiger partial charge in [-0.3, -0.25) is 25.8 Å². The highest BCUT2D eigenvalue weighted by molar-refractivity contribution is 5.92. The van der Waals surface area contributed by atoms with Crippen LogP contribution in [0.3, 0.4) is 0 Å². The molecule has 3 heterocycles. The molecule has 166 valence electrons. The lowest BCUT2D eigenvalue weighted by Crippen LogP contribution is -2.47. The number of methoxy groups -OCH3 is 1. The van der Waals surface area contributed by atoms with Gasteiger partial charge in [0, 0.05) is 31.9 Å². The molecule has 1 amide bonds. The van der Waals surface area contributed by atoms with Crippen LogP contribution in [0.2, 0.25) is 0 Å². The molecule has 0 atom stereocenters. The highest BCUT2D eigenvalue weighted by atomic mass is 16.6. The van der Waals surface area contributed by atoms with Crippen molar-refractivity contribution in [1.29, 1.82) is 0 Å². The minimum Gasteiger partial charge on any atom is -0.497 e. The summed E-state index contributed by atoms with van der Waals surface area (Å²) in [5, 5.41) is 11.8. The number of anilines is 3. The summed E-state index contributed by atoms with van der Waals surface area (Å²) in [6.07, 6.45) is 2.57. The summed E-state index contributed by atoms with van der Waals surface area (Å²) in [6.45, 7) is 2.38. The van der Waals surface area contributed by atoms with Crippen molar-refractivity contribution in [3.05, 3.63) is 64.9 Å². The van der Waals surface area contributed by atoms with Crippen molar-refractivity contribution in [2.24, 2.45) is 0 Å². The van der Waals surface area contributed by atoms with Gasteiger partial charge in [0.2, 0.25) is 11.6 Å². The van der Waals surface area contributed by atoms with Gasteiger partial charge in [0.25, 0.3) is 0 Å². The number of aromatic nitrogens is 2. The molecule has 1 aromatic carbocycles. The topological polar surface area (TPSA) is 139 Å². The van der Waals surface area contributed by atoms with Gasteiger partial charge in [-0.15, -0.1) is 0 Å². The van der Waals surface area contributed by atoms with Crippen LogP contribution in [0.5, 0.6) is 5.75 Å². The Balaban J connectivity index is 1.46. The summed E-state index contributed by atoms with van der Waals surface area (Å²) < 4.78 is 10.2. The van der Waals surface area contributed by atoms with Crippen LogP contribution in [0.15, 0.2) is 53.4 Å². The van der Waals surface area contributed by atoms with E-state index in [1.165, 1.54) is 18.7 Å². The highest BCUT2D eigenvalue weighted by Crippen LogP contribution is 2.32. The fraction of sp³-hybridized carbons (Fsp3) is 0.250. The van der Waals surface area contributed by atoms with Crippen LogP contribution in [-0.2, 0) is 0 Å². The Morgan fingerprint density at radius 3 is 2.47 bits per heavy atom. The van der Waals surface area contributed by atoms with Crippen LogP contribution in [0.4, 0.5) is 23.0 Å². The van der Waals surface area contributed by atoms with Crippen LogP contribution in [0.1, 0.15) is 10.6 Å². The summed E-state index contributed by atoms with van der Waals surface area (Å²) in [6, 6.07) is 10.8. The largest absolute Gasteiger partial charge is 0.497 e. The maximum absolute atomic E-state index is 12.1. The maximum atomic E-state index is 12.1. The van der Waals surface area contributed by atoms with Crippen molar-refractivity contribution in [3.8, 4) is 5.75 Å². The molecule has 12 heteroatoms. The second kappa shape index (κ2) is 9.20. The Bertz CT molecular complexity index is 1080. The Hall–Kier alpha value is -4.35. The molecule has 2 aromatic heterocycles. The zero-order valence-corrected chi connectivity index (χ0v) is 17.2. The molecule has 1 fully saturated rings. The van der Waals surface area contributed by atoms with Crippen LogP contribution >= 0.6 is 0 Å². The Labute approximate surface area is 182 Å². The number of furan rings is 1. The van der Waals surface area contributed by atoms with E-state index in [9.17, 15) is 14.9 Å². The van der Waals surface area contributed by atoms with E-state index in [0.29, 0.717) is 26.2 Å². The van der Waals surface area contributed by atoms with E-state index >= 15 is 0 Å². The van der Waals surface area contributed by atoms with E-state index < -0.39 is 10.8 Å². The molecule has 1 aliphatic heterocycles. The van der Waals surface area contributed by atoms with Gasteiger partial charge in [-0.25, -0.2) is 9.97 Å². The molecule has 4 rings (SSSR count). The van der Waals surface area contributed by atoms with Gasteiger partial charge in [-0.1, -0.05) is 0 Å². The number of rotatable bonds is 7. The van der Waals surface area contributed by atoms with E-state index in [0.717, 1.165) is 11.4 Å². The number of hydrogen-bond acceptors (Lipinski definition) is 10. The predicted molar refractivity (Wildman–Crippen MR) is 116 cm³/mol. The van der Waals surface area contributed by atoms with Gasteiger partial charge in [-0.05, 0) is 36.4 Å². The molecule has 12 nitrogen and oxygen atoms in total. The third-order valence-corrected chi connectivity index (χ3v) is 5.04. The predicted octanol–water partition coefficient (Wildman–Crippen LogP) is 2.07. The maximum Gasteiger partial charge on any atom is 0.355 e. The van der Waals surface area contributed by atoms with Crippen LogP contribution in [0, 0.1) is 10.1 Å². The van der Waals surface area contributed by atoms with Gasteiger partial charge in [-0.2, -0.15) is 0 Å². The molecule has 32 heavy (non-hydrogen) atoms. The summed E-state index contributed by atoms with van der Waals surface area (Å²) in [5.74, 6) is 0.330. The summed E-state index contributed by atoms with van der Waals surface area (Å²) in [4.78, 5) is 35.4. The zero-order valence-electron chi connectivity index (χ0n) is 17.2. The molecule has 0 aliphatic carbocycles. The SMILES string of the molecule is COc1ccc(N2CCN(c3ncnc(NNC(=O)c4ccco4)c3[N+](=O)[O-])CC2)cc1. The molecule has 0 radical (unpaired) electrons. The average molecular weight is 439 g/mol. The molecule has 0 saturated carbocycles. The fourth-order valence-electron chi connectivity index (χ4n) is 3.42. The van der Waals surface area contributed by atoms with Gasteiger partial charge in [0.1, 0.15) is 12.1 Å². The second-order valence-electron chi connectivity index (χ2n) is 6.88. The van der Waals surface area contributed by atoms with Crippen LogP contribution in [-0.4, -0.2) is 54.1 Å². The van der Waals surface area contributed by atoms with Crippen molar-refractivity contribution >= 4 is 28.9 Å². The minimum atomic E-state index is -0.586. The van der Waals surface area contributed by atoms with E-state index in [1.807, 2.05) is 29.2 Å². The number of piperazine rings is 1. The van der Waals surface area contributed by atoms with Gasteiger partial charge in [0.05, 0.1) is 18.3 Å². The molecular formula is C20H21N7O5. The van der Waals surface area contributed by atoms with Gasteiger partial charge < -0.3 is 19.0 Å². The number of nitrogens with one attached hydrogen (secondary N) is 2. The number of carbonyl (C=O) groups excluding carboxylic acids is 1. The third-order valence-electron chi connectivity index (χ3n) is 5.04. The number of amides is 1. The molecule has 2 N–H and O–H groups in total. The van der Waals surface area contributed by atoms with Crippen molar-refractivity contribution in [3.63, 3.8) is 0 Å². The molecule has 0 bridgehead atoms. The Kier molecular flexibility index (Phi) is 6.01. The second-order valence-corrected chi connectivity index (χ2v) is 6.88. The molecule has 0 unspecified atom stereocenters. The van der Waals surface area contributed by atoms with Gasteiger partial charge >= 0.3 is 11.6 Å². The first-order valence-corrected chi connectivity index (χ1v) is 9.80. The summed E-state index contributed by atoms with van der Waals surface area (Å²) in [5.41, 5.74) is 5.59. The Morgan fingerprint density at radius 1 is 1.12 bits per heavy atom. The van der Waals surface area contributed by atoms with Crippen molar-refractivity contribution < 1.29 is 18.9 Å². The lowest BCUT2D eigenvalue weighted by Gasteiger charge is -2.36. The van der Waals surface area contributed by atoms with E-state index in [-0.39, 0.29) is 23.1 Å². The first kappa shape index (κ1) is 20.9. The standard InChI is InChI=1S/C20H21N7O5/c1-31-15-6-4-14(5-7-15)25-8-10-26(11-9-25)19-17(27(29)30)18(21-13-22-19)23-24-20(28)16-3-2-12-32-16/h2-7,12-13H,8-11H2,1H3,(H,24,28)(H,21,22,23). The van der Waals surface area contributed by atoms with E-state index in [4.69, 9.17) is 9.15 Å². The third kappa shape index (κ3) is 4.38. The first-order chi connectivity index (χ1) is 15.6. The summed E-state index contributed by atoms with van der Waals surface area (Å²) in [7, 11) is 1.62. The van der Waals surface area contributed by atoms with Crippen molar-refractivity contribution in [1.82, 2.24) is 15.4 Å². The summed E-state index contributed by atoms with van der Waals surface area (Å²) >= 11 is 0. The number of nitrogens with zero attached hydrogens (tertiary/aromatic N) is 5. The number of hydrazine groups is 1.